The van der Waals surface area contributed by atoms with E-state index in [0.29, 0.717) is 6.61 Å². The van der Waals surface area contributed by atoms with Gasteiger partial charge in [-0.3, -0.25) is 4.79 Å². The van der Waals surface area contributed by atoms with Gasteiger partial charge in [-0.05, 0) is 52.9 Å². The molecule has 0 radical (unpaired) electrons. The molecule has 0 atom stereocenters. The summed E-state index contributed by atoms with van der Waals surface area (Å²) in [6.45, 7) is 2.60. The lowest BCUT2D eigenvalue weighted by atomic mass is 10.0. The summed E-state index contributed by atoms with van der Waals surface area (Å²) >= 11 is 0. The highest BCUT2D eigenvalue weighted by Crippen LogP contribution is 2.38. The number of benzene rings is 3. The molecule has 0 unspecified atom stereocenters. The van der Waals surface area contributed by atoms with E-state index in [4.69, 9.17) is 4.74 Å². The molecule has 118 valence electrons. The summed E-state index contributed by atoms with van der Waals surface area (Å²) in [5, 5.41) is 0. The van der Waals surface area contributed by atoms with Crippen molar-refractivity contribution < 1.29 is 9.53 Å². The molecule has 0 spiro atoms. The number of aryl methyl sites for hydroxylation is 1. The average molecular weight is 314 g/mol. The summed E-state index contributed by atoms with van der Waals surface area (Å²) in [5.74, 6) is 0.829. The van der Waals surface area contributed by atoms with E-state index in [1.54, 1.807) is 0 Å². The van der Waals surface area contributed by atoms with Crippen LogP contribution in [0.15, 0.2) is 66.7 Å². The van der Waals surface area contributed by atoms with Gasteiger partial charge < -0.3 is 4.74 Å². The quantitative estimate of drug-likeness (QED) is 0.527. The molecule has 1 aliphatic rings. The van der Waals surface area contributed by atoms with Gasteiger partial charge in [0.1, 0.15) is 12.4 Å². The Bertz CT molecular complexity index is 911. The standard InChI is InChI=1S/C22H18O2/c1-2-15-8-10-18-19-11-9-17(13-21(19)22(23)20(18)12-15)24-14-16-6-4-3-5-7-16/h3-13H,2,14H2,1H3. The van der Waals surface area contributed by atoms with Gasteiger partial charge in [0.25, 0.3) is 0 Å². The molecule has 0 saturated carbocycles. The number of fused-ring (bicyclic) bond motifs is 3. The Labute approximate surface area is 141 Å². The molecule has 0 fully saturated rings. The van der Waals surface area contributed by atoms with Crippen LogP contribution in [-0.4, -0.2) is 5.78 Å². The Morgan fingerprint density at radius 3 is 2.21 bits per heavy atom. The van der Waals surface area contributed by atoms with Crippen LogP contribution in [0, 0.1) is 0 Å². The zero-order valence-corrected chi connectivity index (χ0v) is 13.6. The van der Waals surface area contributed by atoms with Gasteiger partial charge in [-0.1, -0.05) is 49.4 Å². The molecular formula is C22H18O2. The van der Waals surface area contributed by atoms with Crippen LogP contribution in [0.25, 0.3) is 11.1 Å². The van der Waals surface area contributed by atoms with Crippen LogP contribution in [0.2, 0.25) is 0 Å². The van der Waals surface area contributed by atoms with Crippen molar-refractivity contribution in [1.82, 2.24) is 0 Å². The maximum absolute atomic E-state index is 12.7. The van der Waals surface area contributed by atoms with Gasteiger partial charge >= 0.3 is 0 Å². The maximum Gasteiger partial charge on any atom is 0.194 e. The van der Waals surface area contributed by atoms with Crippen LogP contribution in [0.3, 0.4) is 0 Å². The zero-order chi connectivity index (χ0) is 16.5. The third-order valence-corrected chi connectivity index (χ3v) is 4.51. The van der Waals surface area contributed by atoms with Gasteiger partial charge in [-0.15, -0.1) is 0 Å². The molecule has 4 rings (SSSR count). The van der Waals surface area contributed by atoms with Crippen LogP contribution < -0.4 is 4.74 Å². The Kier molecular flexibility index (Phi) is 3.66. The lowest BCUT2D eigenvalue weighted by Gasteiger charge is -2.08. The first-order chi connectivity index (χ1) is 11.8. The van der Waals surface area contributed by atoms with Crippen molar-refractivity contribution in [3.8, 4) is 16.9 Å². The van der Waals surface area contributed by atoms with Crippen molar-refractivity contribution in [3.05, 3.63) is 89.0 Å². The second-order valence-electron chi connectivity index (χ2n) is 6.04. The van der Waals surface area contributed by atoms with Gasteiger partial charge in [0.15, 0.2) is 5.78 Å². The SMILES string of the molecule is CCc1ccc2c(c1)C(=O)c1cc(OCc3ccccc3)ccc1-2. The second-order valence-corrected chi connectivity index (χ2v) is 6.04. The molecule has 0 N–H and O–H groups in total. The van der Waals surface area contributed by atoms with Gasteiger partial charge in [0, 0.05) is 11.1 Å². The monoisotopic (exact) mass is 314 g/mol. The van der Waals surface area contributed by atoms with E-state index in [9.17, 15) is 4.79 Å². The summed E-state index contributed by atoms with van der Waals surface area (Å²) in [7, 11) is 0. The number of ether oxygens (including phenoxy) is 1. The molecule has 0 saturated heterocycles. The van der Waals surface area contributed by atoms with Gasteiger partial charge in [-0.25, -0.2) is 0 Å². The van der Waals surface area contributed by atoms with E-state index in [2.05, 4.69) is 19.1 Å². The Hall–Kier alpha value is -2.87. The Morgan fingerprint density at radius 2 is 1.46 bits per heavy atom. The lowest BCUT2D eigenvalue weighted by Crippen LogP contribution is -1.98. The highest BCUT2D eigenvalue weighted by molar-refractivity contribution is 6.21. The predicted molar refractivity (Wildman–Crippen MR) is 95.5 cm³/mol. The third-order valence-electron chi connectivity index (χ3n) is 4.51. The average Bonchev–Trinajstić information content (AvgIpc) is 2.92. The minimum Gasteiger partial charge on any atom is -0.489 e. The molecule has 3 aromatic carbocycles. The molecule has 0 aliphatic heterocycles. The highest BCUT2D eigenvalue weighted by Gasteiger charge is 2.27. The van der Waals surface area contributed by atoms with Crippen molar-refractivity contribution in [2.75, 3.05) is 0 Å². The number of carbonyl (C=O) groups is 1. The number of hydrogen-bond donors (Lipinski definition) is 0. The first-order valence-corrected chi connectivity index (χ1v) is 8.25. The second kappa shape index (κ2) is 5.97. The van der Waals surface area contributed by atoms with Crippen molar-refractivity contribution in [2.45, 2.75) is 20.0 Å². The van der Waals surface area contributed by atoms with Crippen molar-refractivity contribution in [3.63, 3.8) is 0 Å². The molecule has 0 heterocycles. The zero-order valence-electron chi connectivity index (χ0n) is 13.6. The molecule has 2 heteroatoms. The van der Waals surface area contributed by atoms with E-state index in [1.807, 2.05) is 54.6 Å². The van der Waals surface area contributed by atoms with E-state index in [0.717, 1.165) is 40.0 Å². The van der Waals surface area contributed by atoms with Crippen molar-refractivity contribution in [2.24, 2.45) is 0 Å². The fourth-order valence-electron chi connectivity index (χ4n) is 3.16. The number of ketones is 1. The minimum atomic E-state index is 0.0976. The normalized spacial score (nSPS) is 12.0. The number of hydrogen-bond acceptors (Lipinski definition) is 2. The molecule has 2 nitrogen and oxygen atoms in total. The smallest absolute Gasteiger partial charge is 0.194 e. The van der Waals surface area contributed by atoms with Crippen LogP contribution in [0.5, 0.6) is 5.75 Å². The summed E-state index contributed by atoms with van der Waals surface area (Å²) < 4.78 is 5.86. The lowest BCUT2D eigenvalue weighted by molar-refractivity contribution is 0.104. The van der Waals surface area contributed by atoms with E-state index >= 15 is 0 Å². The molecule has 0 aromatic heterocycles. The summed E-state index contributed by atoms with van der Waals surface area (Å²) in [6.07, 6.45) is 0.933. The minimum absolute atomic E-state index is 0.0976. The maximum atomic E-state index is 12.7. The third kappa shape index (κ3) is 2.50. The van der Waals surface area contributed by atoms with Crippen LogP contribution >= 0.6 is 0 Å². The first-order valence-electron chi connectivity index (χ1n) is 8.25. The number of carbonyl (C=O) groups excluding carboxylic acids is 1. The molecule has 1 aliphatic carbocycles. The van der Waals surface area contributed by atoms with E-state index in [-0.39, 0.29) is 5.78 Å². The summed E-state index contributed by atoms with van der Waals surface area (Å²) in [5.41, 5.74) is 5.88. The molecular weight excluding hydrogens is 296 g/mol. The molecule has 0 amide bonds. The van der Waals surface area contributed by atoms with Crippen molar-refractivity contribution in [1.29, 1.82) is 0 Å². The Balaban J connectivity index is 1.62. The van der Waals surface area contributed by atoms with Crippen molar-refractivity contribution >= 4 is 5.78 Å². The molecule has 3 aromatic rings. The van der Waals surface area contributed by atoms with Crippen LogP contribution in [0.4, 0.5) is 0 Å². The van der Waals surface area contributed by atoms with Gasteiger partial charge in [0.2, 0.25) is 0 Å². The predicted octanol–water partition coefficient (Wildman–Crippen LogP) is 5.04. The highest BCUT2D eigenvalue weighted by atomic mass is 16.5. The fraction of sp³-hybridized carbons (Fsp3) is 0.136. The van der Waals surface area contributed by atoms with Crippen LogP contribution in [0.1, 0.15) is 34.0 Å². The van der Waals surface area contributed by atoms with E-state index < -0.39 is 0 Å². The molecule has 0 bridgehead atoms. The number of rotatable bonds is 4. The summed E-state index contributed by atoms with van der Waals surface area (Å²) in [4.78, 5) is 12.7. The Morgan fingerprint density at radius 1 is 0.750 bits per heavy atom. The molecule has 24 heavy (non-hydrogen) atoms. The topological polar surface area (TPSA) is 26.3 Å². The van der Waals surface area contributed by atoms with E-state index in [1.165, 1.54) is 5.56 Å². The fourth-order valence-corrected chi connectivity index (χ4v) is 3.16. The van der Waals surface area contributed by atoms with Gasteiger partial charge in [-0.2, -0.15) is 0 Å². The van der Waals surface area contributed by atoms with Gasteiger partial charge in [0.05, 0.1) is 0 Å². The summed E-state index contributed by atoms with van der Waals surface area (Å²) in [6, 6.07) is 22.0. The first kappa shape index (κ1) is 14.7. The largest absolute Gasteiger partial charge is 0.489 e. The van der Waals surface area contributed by atoms with Crippen LogP contribution in [-0.2, 0) is 13.0 Å².